The van der Waals surface area contributed by atoms with Crippen molar-refractivity contribution in [1.82, 2.24) is 10.2 Å². The lowest BCUT2D eigenvalue weighted by atomic mass is 10.0. The van der Waals surface area contributed by atoms with Crippen LogP contribution >= 0.6 is 0 Å². The van der Waals surface area contributed by atoms with Crippen molar-refractivity contribution in [1.29, 1.82) is 0 Å². The van der Waals surface area contributed by atoms with E-state index in [0.29, 0.717) is 12.1 Å². The number of hydrogen-bond donors (Lipinski definition) is 2. The number of aliphatic hydroxyl groups excluding tert-OH is 1. The van der Waals surface area contributed by atoms with Gasteiger partial charge in [0.15, 0.2) is 0 Å². The Bertz CT molecular complexity index is 386. The normalized spacial score (nSPS) is 19.5. The highest BCUT2D eigenvalue weighted by atomic mass is 16.3. The van der Waals surface area contributed by atoms with Crippen LogP contribution in [0.3, 0.4) is 0 Å². The molecule has 1 aromatic carbocycles. The molecule has 3 nitrogen and oxygen atoms in total. The highest BCUT2D eigenvalue weighted by Gasteiger charge is 2.19. The van der Waals surface area contributed by atoms with E-state index in [0.717, 1.165) is 5.56 Å². The molecule has 0 aromatic heterocycles. The first kappa shape index (κ1) is 14.5. The first-order valence-corrected chi connectivity index (χ1v) is 7.41. The lowest BCUT2D eigenvalue weighted by Gasteiger charge is -2.33. The van der Waals surface area contributed by atoms with Gasteiger partial charge >= 0.3 is 0 Å². The molecule has 2 N–H and O–H groups in total. The fourth-order valence-electron chi connectivity index (χ4n) is 2.83. The Morgan fingerprint density at radius 3 is 2.74 bits per heavy atom. The molecule has 1 saturated heterocycles. The highest BCUT2D eigenvalue weighted by Crippen LogP contribution is 2.18. The van der Waals surface area contributed by atoms with E-state index < -0.39 is 0 Å². The van der Waals surface area contributed by atoms with Gasteiger partial charge in [0, 0.05) is 12.1 Å². The van der Waals surface area contributed by atoms with Gasteiger partial charge in [-0.25, -0.2) is 0 Å². The minimum absolute atomic E-state index is 0.120. The van der Waals surface area contributed by atoms with Crippen molar-refractivity contribution in [2.24, 2.45) is 0 Å². The van der Waals surface area contributed by atoms with Gasteiger partial charge in [-0.3, -0.25) is 0 Å². The Labute approximate surface area is 116 Å². The predicted molar refractivity (Wildman–Crippen MR) is 79.1 cm³/mol. The van der Waals surface area contributed by atoms with E-state index in [9.17, 15) is 5.11 Å². The molecule has 0 aliphatic carbocycles. The molecule has 1 fully saturated rings. The van der Waals surface area contributed by atoms with Gasteiger partial charge < -0.3 is 15.3 Å². The molecule has 1 aromatic rings. The predicted octanol–water partition coefficient (Wildman–Crippen LogP) is 2.31. The number of benzene rings is 1. The summed E-state index contributed by atoms with van der Waals surface area (Å²) < 4.78 is 0. The van der Waals surface area contributed by atoms with E-state index in [1.165, 1.54) is 38.0 Å². The standard InChI is InChI=1S/C16H26N2O/c1-3-18-9-7-16(8-10-18)17-13(2)15-6-4-5-14(11-15)12-19/h4-6,11,13,16-17,19H,3,7-10,12H2,1-2H3. The summed E-state index contributed by atoms with van der Waals surface area (Å²) in [4.78, 5) is 2.51. The van der Waals surface area contributed by atoms with Crippen molar-refractivity contribution in [3.8, 4) is 0 Å². The van der Waals surface area contributed by atoms with Crippen LogP contribution in [0.25, 0.3) is 0 Å². The Morgan fingerprint density at radius 2 is 2.11 bits per heavy atom. The molecule has 106 valence electrons. The first-order chi connectivity index (χ1) is 9.22. The summed E-state index contributed by atoms with van der Waals surface area (Å²) in [6.07, 6.45) is 2.47. The average molecular weight is 262 g/mol. The second kappa shape index (κ2) is 7.04. The van der Waals surface area contributed by atoms with Crippen molar-refractivity contribution < 1.29 is 5.11 Å². The molecule has 3 heteroatoms. The number of aliphatic hydroxyl groups is 1. The van der Waals surface area contributed by atoms with Gasteiger partial charge in [0.2, 0.25) is 0 Å². The van der Waals surface area contributed by atoms with Crippen molar-refractivity contribution in [2.75, 3.05) is 19.6 Å². The molecule has 1 aliphatic rings. The molecule has 0 radical (unpaired) electrons. The summed E-state index contributed by atoms with van der Waals surface area (Å²) in [7, 11) is 0. The molecule has 2 rings (SSSR count). The molecule has 0 amide bonds. The SMILES string of the molecule is CCN1CCC(NC(C)c2cccc(CO)c2)CC1. The van der Waals surface area contributed by atoms with Crippen LogP contribution in [0.15, 0.2) is 24.3 Å². The molecular weight excluding hydrogens is 236 g/mol. The van der Waals surface area contributed by atoms with Gasteiger partial charge in [-0.1, -0.05) is 31.2 Å². The lowest BCUT2D eigenvalue weighted by molar-refractivity contribution is 0.200. The minimum Gasteiger partial charge on any atom is -0.392 e. The summed E-state index contributed by atoms with van der Waals surface area (Å²) in [5.41, 5.74) is 2.26. The summed E-state index contributed by atoms with van der Waals surface area (Å²) in [6.45, 7) is 8.14. The largest absolute Gasteiger partial charge is 0.392 e. The van der Waals surface area contributed by atoms with Crippen LogP contribution in [-0.2, 0) is 6.61 Å². The van der Waals surface area contributed by atoms with E-state index in [1.807, 2.05) is 12.1 Å². The topological polar surface area (TPSA) is 35.5 Å². The van der Waals surface area contributed by atoms with Gasteiger partial charge in [0.25, 0.3) is 0 Å². The van der Waals surface area contributed by atoms with E-state index in [-0.39, 0.29) is 6.61 Å². The third-order valence-electron chi connectivity index (χ3n) is 4.15. The van der Waals surface area contributed by atoms with Crippen LogP contribution < -0.4 is 5.32 Å². The van der Waals surface area contributed by atoms with Crippen LogP contribution in [0.5, 0.6) is 0 Å². The van der Waals surface area contributed by atoms with E-state index in [4.69, 9.17) is 0 Å². The van der Waals surface area contributed by atoms with Crippen molar-refractivity contribution in [2.45, 2.75) is 45.4 Å². The van der Waals surface area contributed by atoms with E-state index in [1.54, 1.807) is 0 Å². The molecule has 19 heavy (non-hydrogen) atoms. The number of rotatable bonds is 5. The van der Waals surface area contributed by atoms with Crippen LogP contribution in [-0.4, -0.2) is 35.7 Å². The Balaban J connectivity index is 1.88. The third kappa shape index (κ3) is 4.03. The number of piperidine rings is 1. The molecule has 0 spiro atoms. The summed E-state index contributed by atoms with van der Waals surface area (Å²) in [5, 5.41) is 12.9. The lowest BCUT2D eigenvalue weighted by Crippen LogP contribution is -2.43. The fraction of sp³-hybridized carbons (Fsp3) is 0.625. The Morgan fingerprint density at radius 1 is 1.37 bits per heavy atom. The molecule has 0 saturated carbocycles. The first-order valence-electron chi connectivity index (χ1n) is 7.41. The molecule has 1 atom stereocenters. The van der Waals surface area contributed by atoms with Crippen LogP contribution in [0.4, 0.5) is 0 Å². The maximum Gasteiger partial charge on any atom is 0.0681 e. The second-order valence-electron chi connectivity index (χ2n) is 5.50. The maximum atomic E-state index is 9.20. The monoisotopic (exact) mass is 262 g/mol. The number of hydrogen-bond acceptors (Lipinski definition) is 3. The van der Waals surface area contributed by atoms with Gasteiger partial charge in [-0.2, -0.15) is 0 Å². The third-order valence-corrected chi connectivity index (χ3v) is 4.15. The second-order valence-corrected chi connectivity index (χ2v) is 5.50. The molecular formula is C16H26N2O. The van der Waals surface area contributed by atoms with Gasteiger partial charge in [-0.05, 0) is 50.5 Å². The average Bonchev–Trinajstić information content (AvgIpc) is 2.48. The van der Waals surface area contributed by atoms with Crippen molar-refractivity contribution in [3.05, 3.63) is 35.4 Å². The number of nitrogens with one attached hydrogen (secondary N) is 1. The minimum atomic E-state index is 0.120. The zero-order valence-corrected chi connectivity index (χ0v) is 12.1. The molecule has 1 heterocycles. The van der Waals surface area contributed by atoms with Crippen LogP contribution in [0.2, 0.25) is 0 Å². The van der Waals surface area contributed by atoms with Crippen molar-refractivity contribution in [3.63, 3.8) is 0 Å². The number of nitrogens with zero attached hydrogens (tertiary/aromatic N) is 1. The maximum absolute atomic E-state index is 9.20. The summed E-state index contributed by atoms with van der Waals surface area (Å²) in [6, 6.07) is 9.20. The van der Waals surface area contributed by atoms with Crippen LogP contribution in [0, 0.1) is 0 Å². The smallest absolute Gasteiger partial charge is 0.0681 e. The number of likely N-dealkylation sites (tertiary alicyclic amines) is 1. The van der Waals surface area contributed by atoms with Crippen molar-refractivity contribution >= 4 is 0 Å². The summed E-state index contributed by atoms with van der Waals surface area (Å²) >= 11 is 0. The quantitative estimate of drug-likeness (QED) is 0.855. The Hall–Kier alpha value is -0.900. The molecule has 1 aliphatic heterocycles. The fourth-order valence-corrected chi connectivity index (χ4v) is 2.83. The Kier molecular flexibility index (Phi) is 5.37. The molecule has 1 unspecified atom stereocenters. The zero-order valence-electron chi connectivity index (χ0n) is 12.1. The van der Waals surface area contributed by atoms with E-state index >= 15 is 0 Å². The highest BCUT2D eigenvalue weighted by molar-refractivity contribution is 5.25. The van der Waals surface area contributed by atoms with Gasteiger partial charge in [0.1, 0.15) is 0 Å². The van der Waals surface area contributed by atoms with Gasteiger partial charge in [-0.15, -0.1) is 0 Å². The summed E-state index contributed by atoms with van der Waals surface area (Å²) in [5.74, 6) is 0. The molecule has 0 bridgehead atoms. The van der Waals surface area contributed by atoms with E-state index in [2.05, 4.69) is 36.2 Å². The van der Waals surface area contributed by atoms with Gasteiger partial charge in [0.05, 0.1) is 6.61 Å². The zero-order chi connectivity index (χ0) is 13.7. The van der Waals surface area contributed by atoms with Crippen LogP contribution in [0.1, 0.15) is 43.9 Å².